The van der Waals surface area contributed by atoms with Crippen molar-refractivity contribution in [1.29, 1.82) is 0 Å². The monoisotopic (exact) mass is 414 g/mol. The highest BCUT2D eigenvalue weighted by molar-refractivity contribution is 6.33. The van der Waals surface area contributed by atoms with E-state index in [-0.39, 0.29) is 30.7 Å². The molecule has 0 aliphatic heterocycles. The smallest absolute Gasteiger partial charge is 0.253 e. The second kappa shape index (κ2) is 9.78. The number of nitrogens with zero attached hydrogens (tertiary/aromatic N) is 2. The second-order valence-corrected chi connectivity index (χ2v) is 6.23. The molecular formula is C18H21Cl3N4O. The highest BCUT2D eigenvalue weighted by atomic mass is 35.5. The van der Waals surface area contributed by atoms with Gasteiger partial charge in [-0.25, -0.2) is 4.98 Å². The molecule has 1 aromatic heterocycles. The van der Waals surface area contributed by atoms with Crippen molar-refractivity contribution in [2.24, 2.45) is 0 Å². The summed E-state index contributed by atoms with van der Waals surface area (Å²) in [5, 5.41) is 3.54. The number of imidazole rings is 1. The summed E-state index contributed by atoms with van der Waals surface area (Å²) in [7, 11) is 3.94. The quantitative estimate of drug-likeness (QED) is 0.661. The molecule has 1 amide bonds. The lowest BCUT2D eigenvalue weighted by molar-refractivity contribution is 0.0952. The van der Waals surface area contributed by atoms with Crippen molar-refractivity contribution >= 4 is 53.4 Å². The summed E-state index contributed by atoms with van der Waals surface area (Å²) in [6.07, 6.45) is 0. The van der Waals surface area contributed by atoms with Crippen LogP contribution in [0.3, 0.4) is 0 Å². The summed E-state index contributed by atoms with van der Waals surface area (Å²) < 4.78 is 0. The number of aromatic amines is 1. The van der Waals surface area contributed by atoms with E-state index in [1.54, 1.807) is 6.07 Å². The molecule has 2 N–H and O–H groups in total. The maximum Gasteiger partial charge on any atom is 0.253 e. The van der Waals surface area contributed by atoms with Crippen LogP contribution in [0.1, 0.15) is 10.4 Å². The van der Waals surface area contributed by atoms with Gasteiger partial charge in [0.25, 0.3) is 5.91 Å². The molecule has 0 atom stereocenters. The number of halogens is 3. The molecule has 0 fully saturated rings. The Morgan fingerprint density at radius 3 is 2.58 bits per heavy atom. The molecule has 140 valence electrons. The van der Waals surface area contributed by atoms with Gasteiger partial charge >= 0.3 is 0 Å². The minimum atomic E-state index is -0.125. The van der Waals surface area contributed by atoms with E-state index < -0.39 is 0 Å². The third-order valence-corrected chi connectivity index (χ3v) is 4.06. The number of aromatic nitrogens is 2. The van der Waals surface area contributed by atoms with Crippen molar-refractivity contribution in [2.45, 2.75) is 0 Å². The molecule has 0 saturated heterocycles. The summed E-state index contributed by atoms with van der Waals surface area (Å²) in [6, 6.07) is 13.0. The molecule has 0 aliphatic rings. The number of nitrogens with one attached hydrogen (secondary N) is 2. The standard InChI is InChI=1S/C18H19ClN4O.2ClH/c1-23(2)11-10-20-18(24)13-7-5-9-15-16(13)22-17(21-15)12-6-3-4-8-14(12)19;;/h3-9H,10-11H2,1-2H3,(H,20,24)(H,21,22);2*1H. The number of likely N-dealkylation sites (N-methyl/N-ethyl adjacent to an activating group) is 1. The fourth-order valence-corrected chi connectivity index (χ4v) is 2.71. The number of amides is 1. The fourth-order valence-electron chi connectivity index (χ4n) is 2.48. The van der Waals surface area contributed by atoms with Gasteiger partial charge in [-0.05, 0) is 38.4 Å². The predicted octanol–water partition coefficient (Wildman–Crippen LogP) is 4.02. The zero-order chi connectivity index (χ0) is 17.1. The molecule has 2 aromatic carbocycles. The van der Waals surface area contributed by atoms with Gasteiger partial charge in [-0.1, -0.05) is 29.8 Å². The van der Waals surface area contributed by atoms with Crippen LogP contribution in [0.4, 0.5) is 0 Å². The lowest BCUT2D eigenvalue weighted by Crippen LogP contribution is -2.31. The van der Waals surface area contributed by atoms with Gasteiger partial charge in [0.05, 0.1) is 16.1 Å². The average Bonchev–Trinajstić information content (AvgIpc) is 2.98. The molecule has 8 heteroatoms. The Labute approximate surface area is 170 Å². The fraction of sp³-hybridized carbons (Fsp3) is 0.222. The number of rotatable bonds is 5. The van der Waals surface area contributed by atoms with E-state index in [1.165, 1.54) is 0 Å². The Morgan fingerprint density at radius 2 is 1.88 bits per heavy atom. The summed E-state index contributed by atoms with van der Waals surface area (Å²) >= 11 is 6.24. The Morgan fingerprint density at radius 1 is 1.15 bits per heavy atom. The van der Waals surface area contributed by atoms with Crippen LogP contribution >= 0.6 is 36.4 Å². The van der Waals surface area contributed by atoms with E-state index in [2.05, 4.69) is 15.3 Å². The van der Waals surface area contributed by atoms with Crippen LogP contribution < -0.4 is 5.32 Å². The van der Waals surface area contributed by atoms with E-state index in [9.17, 15) is 4.79 Å². The minimum Gasteiger partial charge on any atom is -0.351 e. The number of carbonyl (C=O) groups excluding carboxylic acids is 1. The Bertz CT molecular complexity index is 880. The number of hydrogen-bond acceptors (Lipinski definition) is 3. The molecule has 0 aliphatic carbocycles. The average molecular weight is 416 g/mol. The number of fused-ring (bicyclic) bond motifs is 1. The normalized spacial score (nSPS) is 10.3. The molecule has 0 unspecified atom stereocenters. The van der Waals surface area contributed by atoms with Crippen molar-refractivity contribution in [3.05, 3.63) is 53.1 Å². The van der Waals surface area contributed by atoms with Crippen molar-refractivity contribution in [1.82, 2.24) is 20.2 Å². The summed E-state index contributed by atoms with van der Waals surface area (Å²) in [5.41, 5.74) is 2.83. The molecule has 5 nitrogen and oxygen atoms in total. The minimum absolute atomic E-state index is 0. The molecule has 1 heterocycles. The van der Waals surface area contributed by atoms with Gasteiger partial charge in [0, 0.05) is 18.7 Å². The summed E-state index contributed by atoms with van der Waals surface area (Å²) in [4.78, 5) is 22.3. The number of H-pyrrole nitrogens is 1. The van der Waals surface area contributed by atoms with E-state index in [0.717, 1.165) is 17.6 Å². The van der Waals surface area contributed by atoms with Crippen molar-refractivity contribution < 1.29 is 4.79 Å². The van der Waals surface area contributed by atoms with Gasteiger partial charge in [-0.15, -0.1) is 24.8 Å². The summed E-state index contributed by atoms with van der Waals surface area (Å²) in [5.74, 6) is 0.531. The van der Waals surface area contributed by atoms with Crippen LogP contribution in [0, 0.1) is 0 Å². The zero-order valence-electron chi connectivity index (χ0n) is 14.5. The molecule has 0 spiro atoms. The second-order valence-electron chi connectivity index (χ2n) is 5.83. The maximum absolute atomic E-state index is 12.4. The van der Waals surface area contributed by atoms with Crippen LogP contribution in [0.25, 0.3) is 22.4 Å². The van der Waals surface area contributed by atoms with Crippen molar-refractivity contribution in [3.63, 3.8) is 0 Å². The SMILES string of the molecule is CN(C)CCNC(=O)c1cccc2[nH]c(-c3ccccc3Cl)nc12.Cl.Cl. The molecule has 3 aromatic rings. The maximum atomic E-state index is 12.4. The van der Waals surface area contributed by atoms with Gasteiger partial charge in [0.15, 0.2) is 0 Å². The van der Waals surface area contributed by atoms with Gasteiger partial charge in [0.1, 0.15) is 11.3 Å². The highest BCUT2D eigenvalue weighted by Crippen LogP contribution is 2.28. The third-order valence-electron chi connectivity index (χ3n) is 3.73. The number of para-hydroxylation sites is 1. The summed E-state index contributed by atoms with van der Waals surface area (Å²) in [6.45, 7) is 1.37. The van der Waals surface area contributed by atoms with E-state index >= 15 is 0 Å². The zero-order valence-corrected chi connectivity index (χ0v) is 16.8. The third kappa shape index (κ3) is 4.89. The molecule has 0 saturated carbocycles. The predicted molar refractivity (Wildman–Crippen MR) is 112 cm³/mol. The number of carbonyl (C=O) groups is 1. The van der Waals surface area contributed by atoms with Crippen LogP contribution in [-0.4, -0.2) is 48.0 Å². The first kappa shape index (κ1) is 22.3. The van der Waals surface area contributed by atoms with Gasteiger partial charge < -0.3 is 15.2 Å². The van der Waals surface area contributed by atoms with Gasteiger partial charge in [-0.3, -0.25) is 4.79 Å². The Kier molecular flexibility index (Phi) is 8.37. The first-order chi connectivity index (χ1) is 11.6. The van der Waals surface area contributed by atoms with E-state index in [0.29, 0.717) is 28.5 Å². The first-order valence-corrected chi connectivity index (χ1v) is 8.10. The lowest BCUT2D eigenvalue weighted by Gasteiger charge is -2.10. The van der Waals surface area contributed by atoms with Crippen LogP contribution in [-0.2, 0) is 0 Å². The lowest BCUT2D eigenvalue weighted by atomic mass is 10.1. The van der Waals surface area contributed by atoms with Crippen LogP contribution in [0.2, 0.25) is 5.02 Å². The molecular weight excluding hydrogens is 395 g/mol. The van der Waals surface area contributed by atoms with Gasteiger partial charge in [0.2, 0.25) is 0 Å². The van der Waals surface area contributed by atoms with E-state index in [1.807, 2.05) is 55.4 Å². The highest BCUT2D eigenvalue weighted by Gasteiger charge is 2.15. The van der Waals surface area contributed by atoms with Crippen LogP contribution in [0.15, 0.2) is 42.5 Å². The largest absolute Gasteiger partial charge is 0.351 e. The van der Waals surface area contributed by atoms with Crippen LogP contribution in [0.5, 0.6) is 0 Å². The van der Waals surface area contributed by atoms with E-state index in [4.69, 9.17) is 11.6 Å². The first-order valence-electron chi connectivity index (χ1n) is 7.73. The molecule has 0 radical (unpaired) electrons. The van der Waals surface area contributed by atoms with Crippen molar-refractivity contribution in [2.75, 3.05) is 27.2 Å². The molecule has 3 rings (SSSR count). The van der Waals surface area contributed by atoms with Gasteiger partial charge in [-0.2, -0.15) is 0 Å². The Hall–Kier alpha value is -1.79. The number of benzene rings is 2. The Balaban J connectivity index is 0.00000169. The number of hydrogen-bond donors (Lipinski definition) is 2. The molecule has 26 heavy (non-hydrogen) atoms. The van der Waals surface area contributed by atoms with Crippen molar-refractivity contribution in [3.8, 4) is 11.4 Å². The topological polar surface area (TPSA) is 61.0 Å². The molecule has 0 bridgehead atoms.